The van der Waals surface area contributed by atoms with Crippen LogP contribution in [0.15, 0.2) is 53.0 Å². The number of nitrogens with zero attached hydrogens (tertiary/aromatic N) is 1. The second kappa shape index (κ2) is 4.82. The summed E-state index contributed by atoms with van der Waals surface area (Å²) in [6, 6.07) is 16.6. The highest BCUT2D eigenvalue weighted by molar-refractivity contribution is 9.10. The quantitative estimate of drug-likeness (QED) is 0.726. The van der Waals surface area contributed by atoms with Crippen molar-refractivity contribution in [1.82, 2.24) is 0 Å². The number of thiocarbonyl (C=S) groups is 1. The minimum atomic E-state index is 0.920. The molecule has 0 aliphatic carbocycles. The minimum absolute atomic E-state index is 0.920. The van der Waals surface area contributed by atoms with Gasteiger partial charge in [-0.05, 0) is 30.2 Å². The van der Waals surface area contributed by atoms with E-state index >= 15 is 0 Å². The molecule has 90 valence electrons. The maximum atomic E-state index is 5.63. The lowest BCUT2D eigenvalue weighted by Crippen LogP contribution is -2.37. The Balaban J connectivity index is 2.03. The van der Waals surface area contributed by atoms with Crippen LogP contribution in [0.1, 0.15) is 11.1 Å². The standard InChI is InChI=1S/C15H12BrNS/c16-14-8-4-7-13-12(14)9-10-17(15(13)18)11-5-2-1-3-6-11/h1-8H,9-10H2. The fraction of sp³-hybridized carbons (Fsp3) is 0.133. The van der Waals surface area contributed by atoms with Crippen molar-refractivity contribution in [2.45, 2.75) is 6.42 Å². The Bertz CT molecular complexity index is 595. The summed E-state index contributed by atoms with van der Waals surface area (Å²) in [4.78, 5) is 3.13. The number of benzene rings is 2. The molecule has 18 heavy (non-hydrogen) atoms. The van der Waals surface area contributed by atoms with Crippen LogP contribution in [-0.4, -0.2) is 11.5 Å². The Morgan fingerprint density at radius 3 is 2.56 bits per heavy atom. The van der Waals surface area contributed by atoms with E-state index in [4.69, 9.17) is 12.2 Å². The normalized spacial score (nSPS) is 14.5. The van der Waals surface area contributed by atoms with Crippen LogP contribution >= 0.6 is 28.1 Å². The summed E-state index contributed by atoms with van der Waals surface area (Å²) in [6.45, 7) is 0.943. The van der Waals surface area contributed by atoms with Gasteiger partial charge in [0.25, 0.3) is 0 Å². The van der Waals surface area contributed by atoms with Crippen molar-refractivity contribution >= 4 is 38.8 Å². The summed E-state index contributed by atoms with van der Waals surface area (Å²) in [5.41, 5.74) is 3.68. The molecule has 1 nitrogen and oxygen atoms in total. The Hall–Kier alpha value is -1.19. The fourth-order valence-electron chi connectivity index (χ4n) is 2.34. The molecular formula is C15H12BrNS. The van der Waals surface area contributed by atoms with Crippen molar-refractivity contribution in [1.29, 1.82) is 0 Å². The van der Waals surface area contributed by atoms with Gasteiger partial charge in [-0.15, -0.1) is 0 Å². The minimum Gasteiger partial charge on any atom is -0.332 e. The highest BCUT2D eigenvalue weighted by Gasteiger charge is 2.23. The van der Waals surface area contributed by atoms with Crippen molar-refractivity contribution in [3.8, 4) is 0 Å². The van der Waals surface area contributed by atoms with Crippen LogP contribution in [0.2, 0.25) is 0 Å². The Morgan fingerprint density at radius 1 is 1.00 bits per heavy atom. The molecule has 0 saturated carbocycles. The SMILES string of the molecule is S=C1c2cccc(Br)c2CCN1c1ccccc1. The number of halogens is 1. The average Bonchev–Trinajstić information content (AvgIpc) is 2.41. The van der Waals surface area contributed by atoms with Gasteiger partial charge in [0, 0.05) is 22.3 Å². The monoisotopic (exact) mass is 317 g/mol. The number of hydrogen-bond donors (Lipinski definition) is 0. The molecule has 1 heterocycles. The zero-order valence-corrected chi connectivity index (χ0v) is 12.2. The van der Waals surface area contributed by atoms with E-state index in [1.165, 1.54) is 16.8 Å². The molecule has 0 aromatic heterocycles. The van der Waals surface area contributed by atoms with Crippen LogP contribution in [0.25, 0.3) is 0 Å². The van der Waals surface area contributed by atoms with Crippen LogP contribution in [-0.2, 0) is 6.42 Å². The molecule has 0 N–H and O–H groups in total. The average molecular weight is 318 g/mol. The third-order valence-electron chi connectivity index (χ3n) is 3.25. The summed E-state index contributed by atoms with van der Waals surface area (Å²) in [7, 11) is 0. The van der Waals surface area contributed by atoms with Gasteiger partial charge in [-0.25, -0.2) is 0 Å². The van der Waals surface area contributed by atoms with E-state index < -0.39 is 0 Å². The smallest absolute Gasteiger partial charge is 0.113 e. The van der Waals surface area contributed by atoms with Crippen LogP contribution in [0.3, 0.4) is 0 Å². The number of para-hydroxylation sites is 1. The zero-order valence-electron chi connectivity index (χ0n) is 9.77. The molecule has 0 unspecified atom stereocenters. The number of anilines is 1. The maximum absolute atomic E-state index is 5.63. The molecule has 3 heteroatoms. The van der Waals surface area contributed by atoms with Gasteiger partial charge in [0.05, 0.1) is 0 Å². The van der Waals surface area contributed by atoms with Crippen LogP contribution in [0.5, 0.6) is 0 Å². The summed E-state index contributed by atoms with van der Waals surface area (Å²) >= 11 is 9.24. The molecule has 0 radical (unpaired) electrons. The highest BCUT2D eigenvalue weighted by Crippen LogP contribution is 2.29. The van der Waals surface area contributed by atoms with Gasteiger partial charge in [0.2, 0.25) is 0 Å². The molecule has 0 saturated heterocycles. The van der Waals surface area contributed by atoms with Crippen LogP contribution in [0.4, 0.5) is 5.69 Å². The molecule has 0 spiro atoms. The van der Waals surface area contributed by atoms with Gasteiger partial charge >= 0.3 is 0 Å². The van der Waals surface area contributed by atoms with Crippen molar-refractivity contribution < 1.29 is 0 Å². The van der Waals surface area contributed by atoms with Gasteiger partial charge in [-0.1, -0.05) is 58.5 Å². The number of rotatable bonds is 1. The third-order valence-corrected chi connectivity index (χ3v) is 4.43. The highest BCUT2D eigenvalue weighted by atomic mass is 79.9. The second-order valence-corrected chi connectivity index (χ2v) is 5.55. The van der Waals surface area contributed by atoms with E-state index in [9.17, 15) is 0 Å². The fourth-order valence-corrected chi connectivity index (χ4v) is 3.29. The summed E-state index contributed by atoms with van der Waals surface area (Å²) in [5.74, 6) is 0. The first-order chi connectivity index (χ1) is 8.77. The van der Waals surface area contributed by atoms with Crippen LogP contribution in [0, 0.1) is 0 Å². The lowest BCUT2D eigenvalue weighted by molar-refractivity contribution is 0.908. The topological polar surface area (TPSA) is 3.24 Å². The Morgan fingerprint density at radius 2 is 1.78 bits per heavy atom. The predicted molar refractivity (Wildman–Crippen MR) is 83.3 cm³/mol. The van der Waals surface area contributed by atoms with Gasteiger partial charge < -0.3 is 4.90 Å². The summed E-state index contributed by atoms with van der Waals surface area (Å²) in [5, 5.41) is 0. The molecule has 1 aliphatic heterocycles. The van der Waals surface area contributed by atoms with Crippen molar-refractivity contribution in [2.24, 2.45) is 0 Å². The van der Waals surface area contributed by atoms with Gasteiger partial charge in [-0.2, -0.15) is 0 Å². The molecule has 3 rings (SSSR count). The molecule has 1 aliphatic rings. The first-order valence-electron chi connectivity index (χ1n) is 5.91. The summed E-state index contributed by atoms with van der Waals surface area (Å²) < 4.78 is 1.16. The van der Waals surface area contributed by atoms with Gasteiger partial charge in [-0.3, -0.25) is 0 Å². The zero-order chi connectivity index (χ0) is 12.5. The van der Waals surface area contributed by atoms with E-state index in [0.29, 0.717) is 0 Å². The predicted octanol–water partition coefficient (Wildman–Crippen LogP) is 4.19. The molecule has 0 atom stereocenters. The third kappa shape index (κ3) is 1.98. The Kier molecular flexibility index (Phi) is 3.18. The lowest BCUT2D eigenvalue weighted by Gasteiger charge is -2.31. The van der Waals surface area contributed by atoms with E-state index in [-0.39, 0.29) is 0 Å². The first-order valence-corrected chi connectivity index (χ1v) is 7.12. The largest absolute Gasteiger partial charge is 0.332 e. The number of hydrogen-bond acceptors (Lipinski definition) is 1. The summed E-state index contributed by atoms with van der Waals surface area (Å²) in [6.07, 6.45) is 1.02. The van der Waals surface area contributed by atoms with Crippen molar-refractivity contribution in [3.63, 3.8) is 0 Å². The Labute approximate surface area is 121 Å². The van der Waals surface area contributed by atoms with E-state index in [2.05, 4.69) is 45.1 Å². The van der Waals surface area contributed by atoms with Gasteiger partial charge in [0.1, 0.15) is 4.99 Å². The van der Waals surface area contributed by atoms with Crippen LogP contribution < -0.4 is 4.90 Å². The molecule has 0 amide bonds. The van der Waals surface area contributed by atoms with E-state index in [0.717, 1.165) is 22.4 Å². The van der Waals surface area contributed by atoms with Gasteiger partial charge in [0.15, 0.2) is 0 Å². The van der Waals surface area contributed by atoms with E-state index in [1.54, 1.807) is 0 Å². The second-order valence-electron chi connectivity index (χ2n) is 4.31. The molecule has 0 fully saturated rings. The lowest BCUT2D eigenvalue weighted by atomic mass is 9.99. The van der Waals surface area contributed by atoms with E-state index in [1.807, 2.05) is 24.3 Å². The molecule has 2 aromatic carbocycles. The van der Waals surface area contributed by atoms with Crippen molar-refractivity contribution in [2.75, 3.05) is 11.4 Å². The first kappa shape index (κ1) is 11.9. The maximum Gasteiger partial charge on any atom is 0.113 e. The number of fused-ring (bicyclic) bond motifs is 1. The molecular weight excluding hydrogens is 306 g/mol. The molecule has 0 bridgehead atoms. The van der Waals surface area contributed by atoms with Crippen molar-refractivity contribution in [3.05, 3.63) is 64.1 Å². The molecule has 2 aromatic rings.